The van der Waals surface area contributed by atoms with Crippen molar-refractivity contribution in [3.05, 3.63) is 0 Å². The lowest BCUT2D eigenvalue weighted by Crippen LogP contribution is -2.83. The maximum absolute atomic E-state index is 13.5. The molecular formula is C8HF15. The van der Waals surface area contributed by atoms with Crippen LogP contribution in [-0.2, 0) is 0 Å². The molecule has 0 aromatic heterocycles. The van der Waals surface area contributed by atoms with Crippen LogP contribution in [0.5, 0.6) is 0 Å². The molecule has 0 radical (unpaired) electrons. The van der Waals surface area contributed by atoms with Gasteiger partial charge in [-0.1, -0.05) is 0 Å². The third-order valence-electron chi connectivity index (χ3n) is 3.16. The molecule has 0 N–H and O–H groups in total. The van der Waals surface area contributed by atoms with Crippen LogP contribution < -0.4 is 0 Å². The summed E-state index contributed by atoms with van der Waals surface area (Å²) in [6, 6.07) is 0. The van der Waals surface area contributed by atoms with Crippen molar-refractivity contribution in [3.8, 4) is 0 Å². The summed E-state index contributed by atoms with van der Waals surface area (Å²) in [6.07, 6.45) is -15.0. The van der Waals surface area contributed by atoms with Gasteiger partial charge in [0.2, 0.25) is 0 Å². The fourth-order valence-electron chi connectivity index (χ4n) is 2.02. The van der Waals surface area contributed by atoms with E-state index in [0.717, 1.165) is 0 Å². The van der Waals surface area contributed by atoms with Crippen molar-refractivity contribution in [1.82, 2.24) is 0 Å². The van der Waals surface area contributed by atoms with Gasteiger partial charge in [0.15, 0.2) is 5.92 Å². The van der Waals surface area contributed by atoms with E-state index < -0.39 is 47.6 Å². The molecule has 15 heteroatoms. The van der Waals surface area contributed by atoms with Crippen molar-refractivity contribution in [1.29, 1.82) is 0 Å². The SMILES string of the molecule is FC(F)(F)C1C(F)(F)C(F)(F)C(F)(F)C(F)(F)C1(F)C(F)(F)F. The molecule has 0 bridgehead atoms. The van der Waals surface area contributed by atoms with Crippen molar-refractivity contribution in [2.24, 2.45) is 5.92 Å². The van der Waals surface area contributed by atoms with Gasteiger partial charge in [0, 0.05) is 0 Å². The van der Waals surface area contributed by atoms with Gasteiger partial charge >= 0.3 is 36.0 Å². The Hall–Kier alpha value is -1.05. The van der Waals surface area contributed by atoms with E-state index in [1.54, 1.807) is 0 Å². The van der Waals surface area contributed by atoms with Gasteiger partial charge in [-0.15, -0.1) is 0 Å². The smallest absolute Gasteiger partial charge is 0.226 e. The molecule has 1 aliphatic carbocycles. The van der Waals surface area contributed by atoms with Crippen molar-refractivity contribution in [2.45, 2.75) is 41.7 Å². The normalized spacial score (nSPS) is 35.9. The molecule has 0 nitrogen and oxygen atoms in total. The van der Waals surface area contributed by atoms with Gasteiger partial charge in [-0.25, -0.2) is 4.39 Å². The summed E-state index contributed by atoms with van der Waals surface area (Å²) in [5.74, 6) is -37.2. The highest BCUT2D eigenvalue weighted by atomic mass is 19.4. The Labute approximate surface area is 115 Å². The number of hydrogen-bond acceptors (Lipinski definition) is 0. The molecule has 138 valence electrons. The van der Waals surface area contributed by atoms with Crippen LogP contribution in [0.3, 0.4) is 0 Å². The molecule has 0 saturated heterocycles. The van der Waals surface area contributed by atoms with Gasteiger partial charge in [-0.3, -0.25) is 0 Å². The Balaban J connectivity index is 3.99. The molecule has 0 amide bonds. The van der Waals surface area contributed by atoms with Crippen LogP contribution >= 0.6 is 0 Å². The minimum absolute atomic E-state index is 6.47. The maximum Gasteiger partial charge on any atom is 0.429 e. The Morgan fingerprint density at radius 3 is 1.13 bits per heavy atom. The third kappa shape index (κ3) is 1.96. The topological polar surface area (TPSA) is 0 Å². The van der Waals surface area contributed by atoms with Crippen molar-refractivity contribution in [2.75, 3.05) is 0 Å². The largest absolute Gasteiger partial charge is 0.429 e. The summed E-state index contributed by atoms with van der Waals surface area (Å²) in [7, 11) is 0. The Morgan fingerprint density at radius 2 is 0.870 bits per heavy atom. The van der Waals surface area contributed by atoms with Crippen LogP contribution in [0.2, 0.25) is 0 Å². The molecule has 23 heavy (non-hydrogen) atoms. The maximum atomic E-state index is 13.5. The summed E-state index contributed by atoms with van der Waals surface area (Å²) in [5, 5.41) is 0. The molecular weight excluding hydrogens is 381 g/mol. The van der Waals surface area contributed by atoms with Gasteiger partial charge in [0.05, 0.1) is 0 Å². The van der Waals surface area contributed by atoms with Crippen LogP contribution in [0.4, 0.5) is 65.9 Å². The van der Waals surface area contributed by atoms with E-state index in [9.17, 15) is 65.9 Å². The molecule has 0 aliphatic heterocycles. The van der Waals surface area contributed by atoms with E-state index in [2.05, 4.69) is 0 Å². The van der Waals surface area contributed by atoms with Gasteiger partial charge in [-0.05, 0) is 0 Å². The van der Waals surface area contributed by atoms with Crippen LogP contribution in [0.15, 0.2) is 0 Å². The van der Waals surface area contributed by atoms with Crippen molar-refractivity contribution < 1.29 is 65.9 Å². The number of halogens is 15. The zero-order chi connectivity index (χ0) is 19.1. The fourth-order valence-corrected chi connectivity index (χ4v) is 2.02. The molecule has 2 atom stereocenters. The second kappa shape index (κ2) is 4.32. The average Bonchev–Trinajstić information content (AvgIpc) is 2.22. The van der Waals surface area contributed by atoms with E-state index >= 15 is 0 Å². The minimum atomic E-state index is -7.84. The Morgan fingerprint density at radius 1 is 0.522 bits per heavy atom. The monoisotopic (exact) mass is 382 g/mol. The predicted molar refractivity (Wildman–Crippen MR) is 39.2 cm³/mol. The van der Waals surface area contributed by atoms with Crippen molar-refractivity contribution in [3.63, 3.8) is 0 Å². The zero-order valence-corrected chi connectivity index (χ0v) is 9.75. The first-order chi connectivity index (χ1) is 9.62. The predicted octanol–water partition coefficient (Wildman–Crippen LogP) is 4.99. The average molecular weight is 382 g/mol. The Bertz CT molecular complexity index is 481. The van der Waals surface area contributed by atoms with Crippen LogP contribution in [-0.4, -0.2) is 41.7 Å². The molecule has 1 aliphatic rings. The molecule has 0 aromatic carbocycles. The molecule has 0 spiro atoms. The first kappa shape index (κ1) is 20.0. The van der Waals surface area contributed by atoms with Gasteiger partial charge < -0.3 is 0 Å². The van der Waals surface area contributed by atoms with Crippen LogP contribution in [0.25, 0.3) is 0 Å². The molecule has 1 saturated carbocycles. The van der Waals surface area contributed by atoms with E-state index in [1.165, 1.54) is 0 Å². The highest BCUT2D eigenvalue weighted by Gasteiger charge is 3.01. The van der Waals surface area contributed by atoms with Gasteiger partial charge in [0.25, 0.3) is 5.67 Å². The van der Waals surface area contributed by atoms with Gasteiger partial charge in [0.1, 0.15) is 0 Å². The molecule has 0 aromatic rings. The molecule has 1 fully saturated rings. The summed E-state index contributed by atoms with van der Waals surface area (Å²) in [5.41, 5.74) is -7.70. The van der Waals surface area contributed by atoms with Crippen LogP contribution in [0.1, 0.15) is 0 Å². The highest BCUT2D eigenvalue weighted by Crippen LogP contribution is 2.71. The lowest BCUT2D eigenvalue weighted by atomic mass is 9.66. The van der Waals surface area contributed by atoms with E-state index in [1.807, 2.05) is 0 Å². The number of alkyl halides is 15. The molecule has 2 unspecified atom stereocenters. The lowest BCUT2D eigenvalue weighted by molar-refractivity contribution is -0.498. The molecule has 0 heterocycles. The van der Waals surface area contributed by atoms with Gasteiger partial charge in [-0.2, -0.15) is 61.5 Å². The lowest BCUT2D eigenvalue weighted by Gasteiger charge is -2.53. The summed E-state index contributed by atoms with van der Waals surface area (Å²) < 4.78 is 190. The first-order valence-corrected chi connectivity index (χ1v) is 4.95. The summed E-state index contributed by atoms with van der Waals surface area (Å²) in [6.45, 7) is 0. The fraction of sp³-hybridized carbons (Fsp3) is 1.00. The van der Waals surface area contributed by atoms with Crippen molar-refractivity contribution >= 4 is 0 Å². The Kier molecular flexibility index (Phi) is 3.75. The number of rotatable bonds is 0. The van der Waals surface area contributed by atoms with E-state index in [-0.39, 0.29) is 0 Å². The molecule has 1 rings (SSSR count). The highest BCUT2D eigenvalue weighted by molar-refractivity contribution is 5.25. The van der Waals surface area contributed by atoms with E-state index in [4.69, 9.17) is 0 Å². The minimum Gasteiger partial charge on any atom is -0.226 e. The van der Waals surface area contributed by atoms with Crippen LogP contribution in [0, 0.1) is 5.92 Å². The second-order valence-corrected chi connectivity index (χ2v) is 4.53. The number of hydrogen-bond donors (Lipinski definition) is 0. The summed E-state index contributed by atoms with van der Waals surface area (Å²) >= 11 is 0. The first-order valence-electron chi connectivity index (χ1n) is 4.95. The summed E-state index contributed by atoms with van der Waals surface area (Å²) in [4.78, 5) is 0. The zero-order valence-electron chi connectivity index (χ0n) is 9.75. The standard InChI is InChI=1S/C8HF15/c9-2(8(21,22)23)1(4(12,13)14)3(10,11)6(17,18)7(19,20)5(2,15)16/h1H. The third-order valence-corrected chi connectivity index (χ3v) is 3.16. The van der Waals surface area contributed by atoms with E-state index in [0.29, 0.717) is 0 Å². The second-order valence-electron chi connectivity index (χ2n) is 4.53. The quantitative estimate of drug-likeness (QED) is 0.518.